The van der Waals surface area contributed by atoms with Gasteiger partial charge in [0.05, 0.1) is 24.6 Å². The number of amides is 2. The SMILES string of the molecule is CCCCCCCCCCCCOCCCNC(=O)NNc1nc(-c2cc(NS(C)(=O)=O)cc(C(=O)OC)c2)ns1. The smallest absolute Gasteiger partial charge is 0.337 e. The number of rotatable bonds is 21. The van der Waals surface area contributed by atoms with Crippen LogP contribution >= 0.6 is 11.5 Å². The highest BCUT2D eigenvalue weighted by Crippen LogP contribution is 2.26. The molecule has 14 heteroatoms. The van der Waals surface area contributed by atoms with Gasteiger partial charge in [-0.15, -0.1) is 0 Å². The van der Waals surface area contributed by atoms with Gasteiger partial charge in [0, 0.05) is 36.9 Å². The van der Waals surface area contributed by atoms with Crippen LogP contribution in [0.3, 0.4) is 0 Å². The number of urea groups is 1. The van der Waals surface area contributed by atoms with Crippen molar-refractivity contribution in [2.75, 3.05) is 43.3 Å². The Morgan fingerprint density at radius 3 is 2.24 bits per heavy atom. The van der Waals surface area contributed by atoms with Gasteiger partial charge in [0.15, 0.2) is 5.82 Å². The predicted octanol–water partition coefficient (Wildman–Crippen LogP) is 5.32. The van der Waals surface area contributed by atoms with Crippen molar-refractivity contribution in [1.82, 2.24) is 20.1 Å². The lowest BCUT2D eigenvalue weighted by molar-refractivity contribution is 0.0600. The van der Waals surface area contributed by atoms with Crippen molar-refractivity contribution in [1.29, 1.82) is 0 Å². The third kappa shape index (κ3) is 15.0. The number of unbranched alkanes of at least 4 members (excludes halogenated alkanes) is 9. The maximum atomic E-state index is 12.1. The molecule has 0 saturated carbocycles. The number of esters is 1. The van der Waals surface area contributed by atoms with Gasteiger partial charge in [0.25, 0.3) is 0 Å². The number of ether oxygens (including phenoxy) is 2. The van der Waals surface area contributed by atoms with E-state index in [-0.39, 0.29) is 17.1 Å². The van der Waals surface area contributed by atoms with Crippen LogP contribution in [0.25, 0.3) is 11.4 Å². The summed E-state index contributed by atoms with van der Waals surface area (Å²) in [6.45, 7) is 4.04. The summed E-state index contributed by atoms with van der Waals surface area (Å²) in [5.41, 5.74) is 5.87. The number of carbonyl (C=O) groups is 2. The van der Waals surface area contributed by atoms with Gasteiger partial charge < -0.3 is 14.8 Å². The van der Waals surface area contributed by atoms with Crippen molar-refractivity contribution >= 4 is 44.4 Å². The number of hydrazine groups is 1. The first-order chi connectivity index (χ1) is 19.7. The molecule has 0 fully saturated rings. The summed E-state index contributed by atoms with van der Waals surface area (Å²) < 4.78 is 40.3. The zero-order valence-electron chi connectivity index (χ0n) is 24.3. The molecular weight excluding hydrogens is 568 g/mol. The van der Waals surface area contributed by atoms with Gasteiger partial charge in [-0.1, -0.05) is 64.7 Å². The summed E-state index contributed by atoms with van der Waals surface area (Å²) in [6.07, 6.45) is 14.6. The first kappa shape index (κ1) is 34.2. The molecule has 2 rings (SSSR count). The van der Waals surface area contributed by atoms with E-state index in [0.29, 0.717) is 30.3 Å². The fraction of sp³-hybridized carbons (Fsp3) is 0.630. The second-order valence-corrected chi connectivity index (χ2v) is 12.2. The molecule has 0 saturated heterocycles. The molecule has 1 aromatic carbocycles. The maximum Gasteiger partial charge on any atom is 0.337 e. The number of hydrogen-bond acceptors (Lipinski definition) is 10. The van der Waals surface area contributed by atoms with Gasteiger partial charge in [-0.25, -0.2) is 23.4 Å². The second kappa shape index (κ2) is 19.2. The molecule has 0 aliphatic rings. The first-order valence-corrected chi connectivity index (χ1v) is 16.8. The molecule has 41 heavy (non-hydrogen) atoms. The van der Waals surface area contributed by atoms with Gasteiger partial charge in [0.2, 0.25) is 15.2 Å². The summed E-state index contributed by atoms with van der Waals surface area (Å²) in [5, 5.41) is 3.04. The molecule has 0 unspecified atom stereocenters. The molecule has 230 valence electrons. The molecule has 0 bridgehead atoms. The third-order valence-electron chi connectivity index (χ3n) is 6.02. The van der Waals surface area contributed by atoms with E-state index in [1.807, 2.05) is 0 Å². The number of nitrogens with zero attached hydrogens (tertiary/aromatic N) is 2. The van der Waals surface area contributed by atoms with Crippen LogP contribution in [0.15, 0.2) is 18.2 Å². The van der Waals surface area contributed by atoms with Gasteiger partial charge in [-0.05, 0) is 31.0 Å². The average molecular weight is 613 g/mol. The van der Waals surface area contributed by atoms with Crippen LogP contribution in [0, 0.1) is 0 Å². The topological polar surface area (TPSA) is 161 Å². The van der Waals surface area contributed by atoms with E-state index in [9.17, 15) is 18.0 Å². The molecule has 0 atom stereocenters. The first-order valence-electron chi connectivity index (χ1n) is 14.1. The number of sulfonamides is 1. The third-order valence-corrected chi connectivity index (χ3v) is 7.25. The highest BCUT2D eigenvalue weighted by Gasteiger charge is 2.15. The van der Waals surface area contributed by atoms with Crippen LogP contribution < -0.4 is 20.9 Å². The second-order valence-electron chi connectivity index (χ2n) is 9.74. The van der Waals surface area contributed by atoms with Gasteiger partial charge in [-0.2, -0.15) is 9.36 Å². The van der Waals surface area contributed by atoms with E-state index in [4.69, 9.17) is 9.47 Å². The highest BCUT2D eigenvalue weighted by molar-refractivity contribution is 7.92. The molecule has 0 aliphatic heterocycles. The molecule has 1 heterocycles. The summed E-state index contributed by atoms with van der Waals surface area (Å²) in [7, 11) is -2.35. The number of nitrogens with one attached hydrogen (secondary N) is 4. The quantitative estimate of drug-likeness (QED) is 0.0831. The standard InChI is InChI=1S/C27H44N6O6S2/c1-4-5-6-7-8-9-10-11-12-13-16-39-17-14-15-28-26(35)30-31-27-29-24(32-40-27)21-18-22(25(34)38-2)20-23(19-21)33-41(3,36)37/h18-20,33H,4-17H2,1-3H3,(H2,28,30,35)(H,29,31,32). The predicted molar refractivity (Wildman–Crippen MR) is 163 cm³/mol. The zero-order valence-corrected chi connectivity index (χ0v) is 25.9. The Morgan fingerprint density at radius 1 is 0.927 bits per heavy atom. The van der Waals surface area contributed by atoms with Crippen LogP contribution in [-0.4, -0.2) is 62.9 Å². The van der Waals surface area contributed by atoms with Crippen molar-refractivity contribution in [2.24, 2.45) is 0 Å². The zero-order chi connectivity index (χ0) is 29.9. The lowest BCUT2D eigenvalue weighted by atomic mass is 10.1. The number of anilines is 2. The molecule has 0 radical (unpaired) electrons. The molecule has 2 amide bonds. The highest BCUT2D eigenvalue weighted by atomic mass is 32.2. The molecule has 1 aromatic heterocycles. The summed E-state index contributed by atoms with van der Waals surface area (Å²) >= 11 is 0.985. The Morgan fingerprint density at radius 2 is 1.59 bits per heavy atom. The maximum absolute atomic E-state index is 12.1. The molecule has 0 aliphatic carbocycles. The average Bonchev–Trinajstić information content (AvgIpc) is 3.41. The minimum absolute atomic E-state index is 0.130. The van der Waals surface area contributed by atoms with E-state index >= 15 is 0 Å². The minimum Gasteiger partial charge on any atom is -0.465 e. The van der Waals surface area contributed by atoms with Crippen LogP contribution in [0.1, 0.15) is 87.9 Å². The molecule has 2 aromatic rings. The Kier molecular flexibility index (Phi) is 16.0. The molecule has 12 nitrogen and oxygen atoms in total. The van der Waals surface area contributed by atoms with Crippen molar-refractivity contribution in [2.45, 2.75) is 77.6 Å². The number of hydrogen-bond donors (Lipinski definition) is 4. The van der Waals surface area contributed by atoms with E-state index in [2.05, 4.69) is 37.2 Å². The summed E-state index contributed by atoms with van der Waals surface area (Å²) in [6, 6.07) is 3.92. The number of benzene rings is 1. The van der Waals surface area contributed by atoms with Crippen molar-refractivity contribution in [3.8, 4) is 11.4 Å². The van der Waals surface area contributed by atoms with Crippen LogP contribution in [0.4, 0.5) is 15.6 Å². The lowest BCUT2D eigenvalue weighted by Gasteiger charge is -2.09. The van der Waals surface area contributed by atoms with E-state index < -0.39 is 22.0 Å². The van der Waals surface area contributed by atoms with Crippen molar-refractivity contribution < 1.29 is 27.5 Å². The minimum atomic E-state index is -3.58. The van der Waals surface area contributed by atoms with Crippen molar-refractivity contribution in [3.05, 3.63) is 23.8 Å². The summed E-state index contributed by atoms with van der Waals surface area (Å²) in [5.74, 6) is -0.402. The molecule has 4 N–H and O–H groups in total. The van der Waals surface area contributed by atoms with Gasteiger partial charge in [0.1, 0.15) is 0 Å². The van der Waals surface area contributed by atoms with Crippen LogP contribution in [0.5, 0.6) is 0 Å². The van der Waals surface area contributed by atoms with Crippen molar-refractivity contribution in [3.63, 3.8) is 0 Å². The Labute approximate surface area is 247 Å². The Balaban J connectivity index is 1.63. The molecule has 0 spiro atoms. The number of carbonyl (C=O) groups excluding carboxylic acids is 2. The number of aromatic nitrogens is 2. The summed E-state index contributed by atoms with van der Waals surface area (Å²) in [4.78, 5) is 28.4. The van der Waals surface area contributed by atoms with E-state index in [1.165, 1.54) is 83.1 Å². The largest absolute Gasteiger partial charge is 0.465 e. The van der Waals surface area contributed by atoms with E-state index in [0.717, 1.165) is 30.8 Å². The van der Waals surface area contributed by atoms with Crippen LogP contribution in [-0.2, 0) is 19.5 Å². The van der Waals surface area contributed by atoms with Crippen LogP contribution in [0.2, 0.25) is 0 Å². The van der Waals surface area contributed by atoms with E-state index in [1.54, 1.807) is 0 Å². The Hall–Kier alpha value is -2.97. The monoisotopic (exact) mass is 612 g/mol. The van der Waals surface area contributed by atoms with Gasteiger partial charge >= 0.3 is 12.0 Å². The fourth-order valence-corrected chi connectivity index (χ4v) is 5.07. The number of methoxy groups -OCH3 is 1. The fourth-order valence-electron chi connectivity index (χ4n) is 3.98. The Bertz CT molecular complexity index is 1170. The normalized spacial score (nSPS) is 11.2. The lowest BCUT2D eigenvalue weighted by Crippen LogP contribution is -2.39. The van der Waals surface area contributed by atoms with Gasteiger partial charge in [-0.3, -0.25) is 10.1 Å². The molecular formula is C27H44N6O6S2.